The summed E-state index contributed by atoms with van der Waals surface area (Å²) in [7, 11) is -3.02. The third-order valence-electron chi connectivity index (χ3n) is 4.45. The van der Waals surface area contributed by atoms with Crippen molar-refractivity contribution in [3.8, 4) is 0 Å². The molecule has 0 radical (unpaired) electrons. The summed E-state index contributed by atoms with van der Waals surface area (Å²) in [6.45, 7) is 0. The van der Waals surface area contributed by atoms with Gasteiger partial charge in [0.25, 0.3) is 5.91 Å². The van der Waals surface area contributed by atoms with Crippen LogP contribution < -0.4 is 5.32 Å². The van der Waals surface area contributed by atoms with E-state index in [1.165, 1.54) is 0 Å². The van der Waals surface area contributed by atoms with Crippen molar-refractivity contribution in [3.63, 3.8) is 0 Å². The highest BCUT2D eigenvalue weighted by Gasteiger charge is 2.34. The maximum atomic E-state index is 12.7. The molecule has 1 amide bonds. The summed E-state index contributed by atoms with van der Waals surface area (Å²) in [5, 5.41) is 7.58. The van der Waals surface area contributed by atoms with Crippen LogP contribution in [0.1, 0.15) is 34.1 Å². The molecule has 0 aliphatic carbocycles. The topological polar surface area (TPSA) is 81.1 Å². The average Bonchev–Trinajstić information content (AvgIpc) is 3.23. The highest BCUT2D eigenvalue weighted by Crippen LogP contribution is 2.38. The highest BCUT2D eigenvalue weighted by molar-refractivity contribution is 9.10. The van der Waals surface area contributed by atoms with E-state index in [1.54, 1.807) is 34.6 Å². The van der Waals surface area contributed by atoms with Crippen LogP contribution in [-0.4, -0.2) is 35.6 Å². The molecule has 1 atom stereocenters. The first-order valence-corrected chi connectivity index (χ1v) is 11.7. The van der Waals surface area contributed by atoms with Crippen molar-refractivity contribution in [3.05, 3.63) is 45.6 Å². The monoisotopic (exact) mass is 441 g/mol. The summed E-state index contributed by atoms with van der Waals surface area (Å²) >= 11 is 5.12. The second kappa shape index (κ2) is 6.44. The maximum absolute atomic E-state index is 12.7. The van der Waals surface area contributed by atoms with Gasteiger partial charge in [0.1, 0.15) is 5.82 Å². The van der Waals surface area contributed by atoms with E-state index in [4.69, 9.17) is 0 Å². The molecule has 1 N–H and O–H groups in total. The Kier molecular flexibility index (Phi) is 4.41. The third-order valence-corrected chi connectivity index (χ3v) is 7.66. The van der Waals surface area contributed by atoms with Gasteiger partial charge in [-0.25, -0.2) is 13.1 Å². The number of halogens is 1. The summed E-state index contributed by atoms with van der Waals surface area (Å²) in [6, 6.07) is 6.96. The Hall–Kier alpha value is -1.32. The lowest BCUT2D eigenvalue weighted by Crippen LogP contribution is -2.20. The van der Waals surface area contributed by atoms with Gasteiger partial charge in [-0.2, -0.15) is 16.9 Å². The molecule has 0 bridgehead atoms. The van der Waals surface area contributed by atoms with Gasteiger partial charge < -0.3 is 5.32 Å². The lowest BCUT2D eigenvalue weighted by molar-refractivity contribution is 0.102. The van der Waals surface area contributed by atoms with E-state index in [9.17, 15) is 13.2 Å². The molecule has 2 aromatic rings. The van der Waals surface area contributed by atoms with Crippen molar-refractivity contribution < 1.29 is 13.2 Å². The molecule has 3 heterocycles. The number of nitrogens with one attached hydrogen (secondary N) is 1. The van der Waals surface area contributed by atoms with Gasteiger partial charge in [-0.15, -0.1) is 0 Å². The highest BCUT2D eigenvalue weighted by atomic mass is 79.9. The van der Waals surface area contributed by atoms with Gasteiger partial charge in [-0.05, 0) is 24.6 Å². The van der Waals surface area contributed by atoms with Gasteiger partial charge in [0, 0.05) is 27.1 Å². The number of carbonyl (C=O) groups is 1. The molecule has 2 aliphatic rings. The van der Waals surface area contributed by atoms with Gasteiger partial charge in [0.15, 0.2) is 9.84 Å². The summed E-state index contributed by atoms with van der Waals surface area (Å²) in [4.78, 5) is 12.7. The molecule has 25 heavy (non-hydrogen) atoms. The first kappa shape index (κ1) is 17.1. The molecule has 1 aromatic heterocycles. The van der Waals surface area contributed by atoms with E-state index in [1.807, 2.05) is 6.07 Å². The quantitative estimate of drug-likeness (QED) is 0.791. The van der Waals surface area contributed by atoms with Crippen molar-refractivity contribution in [1.29, 1.82) is 0 Å². The second-order valence-electron chi connectivity index (χ2n) is 6.23. The molecule has 0 saturated carbocycles. The molecular formula is C16H16BrN3O3S2. The summed E-state index contributed by atoms with van der Waals surface area (Å²) in [6.07, 6.45) is 0.537. The van der Waals surface area contributed by atoms with Crippen molar-refractivity contribution >= 4 is 49.3 Å². The number of hydrogen-bond acceptors (Lipinski definition) is 5. The van der Waals surface area contributed by atoms with Crippen molar-refractivity contribution in [2.45, 2.75) is 24.0 Å². The SMILES string of the molecule is O=C(Nc1c2c(nn1C1CCS(=O)(=O)C1)CSC2)c1cccc(Br)c1. The Morgan fingerprint density at radius 2 is 2.20 bits per heavy atom. The van der Waals surface area contributed by atoms with Gasteiger partial charge in [0.05, 0.1) is 23.2 Å². The number of aromatic nitrogens is 2. The third kappa shape index (κ3) is 3.37. The minimum Gasteiger partial charge on any atom is -0.306 e. The zero-order valence-corrected chi connectivity index (χ0v) is 16.5. The predicted molar refractivity (Wildman–Crippen MR) is 102 cm³/mol. The molecule has 9 heteroatoms. The lowest BCUT2D eigenvalue weighted by atomic mass is 10.2. The number of anilines is 1. The van der Waals surface area contributed by atoms with E-state index < -0.39 is 9.84 Å². The van der Waals surface area contributed by atoms with E-state index >= 15 is 0 Å². The average molecular weight is 442 g/mol. The van der Waals surface area contributed by atoms with Crippen LogP contribution in [0.2, 0.25) is 0 Å². The van der Waals surface area contributed by atoms with Crippen molar-refractivity contribution in [1.82, 2.24) is 9.78 Å². The number of hydrogen-bond donors (Lipinski definition) is 1. The molecular weight excluding hydrogens is 426 g/mol. The number of nitrogens with zero attached hydrogens (tertiary/aromatic N) is 2. The Morgan fingerprint density at radius 1 is 1.36 bits per heavy atom. The molecule has 1 fully saturated rings. The first-order valence-electron chi connectivity index (χ1n) is 7.88. The van der Waals surface area contributed by atoms with Crippen LogP contribution in [-0.2, 0) is 21.3 Å². The Balaban J connectivity index is 1.68. The Bertz CT molecular complexity index is 956. The van der Waals surface area contributed by atoms with E-state index in [2.05, 4.69) is 26.3 Å². The van der Waals surface area contributed by atoms with Crippen LogP contribution in [0.3, 0.4) is 0 Å². The van der Waals surface area contributed by atoms with Crippen LogP contribution >= 0.6 is 27.7 Å². The van der Waals surface area contributed by atoms with E-state index in [0.717, 1.165) is 27.2 Å². The zero-order chi connectivity index (χ0) is 17.6. The van der Waals surface area contributed by atoms with Crippen LogP contribution in [0.5, 0.6) is 0 Å². The summed E-state index contributed by atoms with van der Waals surface area (Å²) in [5.41, 5.74) is 2.50. The van der Waals surface area contributed by atoms with Gasteiger partial charge in [0.2, 0.25) is 0 Å². The van der Waals surface area contributed by atoms with Crippen LogP contribution in [0.4, 0.5) is 5.82 Å². The first-order chi connectivity index (χ1) is 11.9. The molecule has 132 valence electrons. The molecule has 1 saturated heterocycles. The number of fused-ring (bicyclic) bond motifs is 1. The molecule has 4 rings (SSSR count). The predicted octanol–water partition coefficient (Wildman–Crippen LogP) is 3.00. The molecule has 1 unspecified atom stereocenters. The largest absolute Gasteiger partial charge is 0.306 e. The fraction of sp³-hybridized carbons (Fsp3) is 0.375. The van der Waals surface area contributed by atoms with Gasteiger partial charge in [-0.1, -0.05) is 22.0 Å². The van der Waals surface area contributed by atoms with Gasteiger partial charge in [-0.3, -0.25) is 4.79 Å². The molecule has 1 aromatic carbocycles. The van der Waals surface area contributed by atoms with Crippen LogP contribution in [0.25, 0.3) is 0 Å². The number of thioether (sulfide) groups is 1. The lowest BCUT2D eigenvalue weighted by Gasteiger charge is -2.15. The molecule has 6 nitrogen and oxygen atoms in total. The standard InChI is InChI=1S/C16H16BrN3O3S2/c17-11-3-1-2-10(6-11)16(21)18-15-13-7-24-8-14(13)19-20(15)12-4-5-25(22,23)9-12/h1-3,6,12H,4-5,7-9H2,(H,18,21). The number of rotatable bonds is 3. The maximum Gasteiger partial charge on any atom is 0.256 e. The van der Waals surface area contributed by atoms with Crippen LogP contribution in [0, 0.1) is 0 Å². The minimum atomic E-state index is -3.02. The number of sulfone groups is 1. The number of benzene rings is 1. The Morgan fingerprint density at radius 3 is 2.92 bits per heavy atom. The van der Waals surface area contributed by atoms with Gasteiger partial charge >= 0.3 is 0 Å². The van der Waals surface area contributed by atoms with Crippen molar-refractivity contribution in [2.75, 3.05) is 16.8 Å². The Labute approximate surface area is 158 Å². The minimum absolute atomic E-state index is 0.0838. The normalized spacial score (nSPS) is 21.2. The zero-order valence-electron chi connectivity index (χ0n) is 13.2. The molecule has 0 spiro atoms. The smallest absolute Gasteiger partial charge is 0.256 e. The van der Waals surface area contributed by atoms with E-state index in [-0.39, 0.29) is 23.5 Å². The van der Waals surface area contributed by atoms with Crippen molar-refractivity contribution in [2.24, 2.45) is 0 Å². The summed E-state index contributed by atoms with van der Waals surface area (Å²) < 4.78 is 26.2. The second-order valence-corrected chi connectivity index (χ2v) is 10.4. The molecule has 2 aliphatic heterocycles. The number of amides is 1. The van der Waals surface area contributed by atoms with Crippen LogP contribution in [0.15, 0.2) is 28.7 Å². The summed E-state index contributed by atoms with van der Waals surface area (Å²) in [5.74, 6) is 2.26. The number of carbonyl (C=O) groups excluding carboxylic acids is 1. The fourth-order valence-corrected chi connectivity index (χ4v) is 6.33. The fourth-order valence-electron chi connectivity index (χ4n) is 3.21. The van der Waals surface area contributed by atoms with E-state index in [0.29, 0.717) is 17.8 Å².